The first-order valence-electron chi connectivity index (χ1n) is 6.85. The summed E-state index contributed by atoms with van der Waals surface area (Å²) in [5.41, 5.74) is 1.32. The highest BCUT2D eigenvalue weighted by atomic mass is 31.2. The molecule has 1 N–H and O–H groups in total. The summed E-state index contributed by atoms with van der Waals surface area (Å²) < 4.78 is 27.0. The van der Waals surface area contributed by atoms with Gasteiger partial charge in [0.1, 0.15) is 5.75 Å². The van der Waals surface area contributed by atoms with Crippen molar-refractivity contribution in [1.82, 2.24) is 4.98 Å². The van der Waals surface area contributed by atoms with E-state index >= 15 is 0 Å². The molecule has 1 atom stereocenters. The Labute approximate surface area is 129 Å². The molecule has 0 bridgehead atoms. The first-order chi connectivity index (χ1) is 10.5. The molecule has 0 aliphatic rings. The van der Waals surface area contributed by atoms with Gasteiger partial charge in [-0.2, -0.15) is 0 Å². The van der Waals surface area contributed by atoms with Gasteiger partial charge in [-0.25, -0.2) is 0 Å². The van der Waals surface area contributed by atoms with Gasteiger partial charge in [0.2, 0.25) is 5.52 Å². The van der Waals surface area contributed by atoms with Crippen LogP contribution in [0, 0.1) is 0 Å². The van der Waals surface area contributed by atoms with Crippen LogP contribution in [0.2, 0.25) is 0 Å². The number of fused-ring (bicyclic) bond motifs is 1. The molecule has 0 radical (unpaired) electrons. The lowest BCUT2D eigenvalue weighted by Crippen LogP contribution is -2.07. The zero-order chi connectivity index (χ0) is 16.3. The number of H-pyrrole nitrogens is 1. The minimum absolute atomic E-state index is 0.0595. The highest BCUT2D eigenvalue weighted by Gasteiger charge is 2.33. The van der Waals surface area contributed by atoms with Crippen molar-refractivity contribution in [2.75, 3.05) is 21.3 Å². The van der Waals surface area contributed by atoms with Crippen LogP contribution in [0.1, 0.15) is 24.8 Å². The Morgan fingerprint density at radius 3 is 2.55 bits per heavy atom. The van der Waals surface area contributed by atoms with Crippen LogP contribution in [0.5, 0.6) is 5.75 Å². The van der Waals surface area contributed by atoms with Crippen LogP contribution in [-0.4, -0.2) is 31.8 Å². The summed E-state index contributed by atoms with van der Waals surface area (Å²) in [7, 11) is 0.335. The number of nitrogens with one attached hydrogen (secondary N) is 1. The molecule has 6 nitrogen and oxygen atoms in total. The van der Waals surface area contributed by atoms with E-state index in [2.05, 4.69) is 4.98 Å². The van der Waals surface area contributed by atoms with Crippen LogP contribution in [-0.2, 0) is 18.4 Å². The van der Waals surface area contributed by atoms with Crippen molar-refractivity contribution in [1.29, 1.82) is 0 Å². The van der Waals surface area contributed by atoms with Crippen LogP contribution in [0.4, 0.5) is 0 Å². The highest BCUT2D eigenvalue weighted by Crippen LogP contribution is 2.50. The second-order valence-corrected chi connectivity index (χ2v) is 7.21. The first-order valence-corrected chi connectivity index (χ1v) is 8.40. The molecular formula is C15H20NO5P. The number of aromatic nitrogens is 1. The number of carbonyl (C=O) groups is 1. The molecule has 0 unspecified atom stereocenters. The topological polar surface area (TPSA) is 77.6 Å². The molecule has 0 saturated heterocycles. The number of ether oxygens (including phenoxy) is 1. The Bertz CT molecular complexity index is 716. The van der Waals surface area contributed by atoms with E-state index in [1.165, 1.54) is 14.2 Å². The van der Waals surface area contributed by atoms with E-state index in [1.54, 1.807) is 7.11 Å². The standard InChI is InChI=1S/C15H20NO5P/c1-10(8-14(17)22(18,20-3)21-4)11-9-16-12-6-5-7-13(19-2)15(11)12/h5-7,9-10,16H,8H2,1-4H3/t10-/m0/s1. The van der Waals surface area contributed by atoms with Crippen LogP contribution < -0.4 is 4.74 Å². The maximum atomic E-state index is 12.2. The van der Waals surface area contributed by atoms with Crippen LogP contribution in [0.3, 0.4) is 0 Å². The van der Waals surface area contributed by atoms with Gasteiger partial charge in [0.15, 0.2) is 0 Å². The van der Waals surface area contributed by atoms with E-state index in [0.29, 0.717) is 0 Å². The SMILES string of the molecule is COc1cccc2[nH]cc([C@@H](C)CC(=O)P(=O)(OC)OC)c12. The number of benzene rings is 1. The van der Waals surface area contributed by atoms with Crippen LogP contribution >= 0.6 is 7.60 Å². The first kappa shape index (κ1) is 16.7. The van der Waals surface area contributed by atoms with E-state index in [1.807, 2.05) is 31.3 Å². The molecule has 2 rings (SSSR count). The lowest BCUT2D eigenvalue weighted by atomic mass is 9.97. The van der Waals surface area contributed by atoms with Crippen LogP contribution in [0.15, 0.2) is 24.4 Å². The summed E-state index contributed by atoms with van der Waals surface area (Å²) in [5, 5.41) is 0.926. The molecule has 0 amide bonds. The van der Waals surface area contributed by atoms with Gasteiger partial charge < -0.3 is 18.8 Å². The molecule has 0 fully saturated rings. The minimum Gasteiger partial charge on any atom is -0.496 e. The molecule has 1 aromatic heterocycles. The van der Waals surface area contributed by atoms with Gasteiger partial charge in [0, 0.05) is 37.7 Å². The molecule has 22 heavy (non-hydrogen) atoms. The zero-order valence-electron chi connectivity index (χ0n) is 13.1. The Hall–Kier alpha value is -1.62. The highest BCUT2D eigenvalue weighted by molar-refractivity contribution is 7.71. The van der Waals surface area contributed by atoms with E-state index in [-0.39, 0.29) is 12.3 Å². The van der Waals surface area contributed by atoms with E-state index in [4.69, 9.17) is 13.8 Å². The summed E-state index contributed by atoms with van der Waals surface area (Å²) >= 11 is 0. The smallest absolute Gasteiger partial charge is 0.396 e. The Kier molecular flexibility index (Phi) is 5.06. The molecule has 120 valence electrons. The van der Waals surface area contributed by atoms with Gasteiger partial charge in [-0.1, -0.05) is 13.0 Å². The monoisotopic (exact) mass is 325 g/mol. The number of carbonyl (C=O) groups excluding carboxylic acids is 1. The number of methoxy groups -OCH3 is 1. The fourth-order valence-corrected chi connectivity index (χ4v) is 3.55. The maximum Gasteiger partial charge on any atom is 0.396 e. The molecule has 0 aliphatic heterocycles. The summed E-state index contributed by atoms with van der Waals surface area (Å²) in [6.45, 7) is 1.89. The fraction of sp³-hybridized carbons (Fsp3) is 0.400. The quantitative estimate of drug-likeness (QED) is 0.786. The molecule has 7 heteroatoms. The van der Waals surface area contributed by atoms with Crippen molar-refractivity contribution in [3.63, 3.8) is 0 Å². The Balaban J connectivity index is 2.33. The predicted molar refractivity (Wildman–Crippen MR) is 84.5 cm³/mol. The maximum absolute atomic E-state index is 12.2. The largest absolute Gasteiger partial charge is 0.496 e. The Morgan fingerprint density at radius 2 is 1.95 bits per heavy atom. The third-order valence-corrected chi connectivity index (χ3v) is 5.47. The number of aromatic amines is 1. The lowest BCUT2D eigenvalue weighted by molar-refractivity contribution is -0.114. The zero-order valence-corrected chi connectivity index (χ0v) is 14.0. The van der Waals surface area contributed by atoms with Crippen molar-refractivity contribution in [3.8, 4) is 5.75 Å². The van der Waals surface area contributed by atoms with Gasteiger partial charge in [0.05, 0.1) is 7.11 Å². The predicted octanol–water partition coefficient (Wildman–Crippen LogP) is 3.68. The molecule has 1 heterocycles. The summed E-state index contributed by atoms with van der Waals surface area (Å²) in [6, 6.07) is 5.69. The number of hydrogen-bond donors (Lipinski definition) is 1. The third-order valence-electron chi connectivity index (χ3n) is 3.72. The van der Waals surface area contributed by atoms with Gasteiger partial charge in [0.25, 0.3) is 0 Å². The average Bonchev–Trinajstić information content (AvgIpc) is 2.98. The molecule has 2 aromatic rings. The van der Waals surface area contributed by atoms with Gasteiger partial charge >= 0.3 is 7.60 Å². The normalized spacial score (nSPS) is 13.3. The second kappa shape index (κ2) is 6.65. The third kappa shape index (κ3) is 2.95. The van der Waals surface area contributed by atoms with Crippen molar-refractivity contribution in [3.05, 3.63) is 30.0 Å². The van der Waals surface area contributed by atoms with E-state index in [9.17, 15) is 9.36 Å². The summed E-state index contributed by atoms with van der Waals surface area (Å²) in [4.78, 5) is 15.3. The molecule has 0 aliphatic carbocycles. The lowest BCUT2D eigenvalue weighted by Gasteiger charge is -2.15. The minimum atomic E-state index is -3.69. The molecule has 0 saturated carbocycles. The van der Waals surface area contributed by atoms with Gasteiger partial charge in [-0.15, -0.1) is 0 Å². The number of rotatable bonds is 7. The van der Waals surface area contributed by atoms with Gasteiger partial charge in [-0.3, -0.25) is 9.36 Å². The fourth-order valence-electron chi connectivity index (χ4n) is 2.50. The average molecular weight is 325 g/mol. The van der Waals surface area contributed by atoms with Gasteiger partial charge in [-0.05, 0) is 23.6 Å². The second-order valence-electron chi connectivity index (χ2n) is 4.99. The van der Waals surface area contributed by atoms with E-state index in [0.717, 1.165) is 22.2 Å². The van der Waals surface area contributed by atoms with Crippen molar-refractivity contribution < 1.29 is 23.1 Å². The number of hydrogen-bond acceptors (Lipinski definition) is 5. The molecular weight excluding hydrogens is 305 g/mol. The van der Waals surface area contributed by atoms with Crippen molar-refractivity contribution in [2.24, 2.45) is 0 Å². The molecule has 1 aromatic carbocycles. The summed E-state index contributed by atoms with van der Waals surface area (Å²) in [6.07, 6.45) is 1.90. The Morgan fingerprint density at radius 1 is 1.27 bits per heavy atom. The summed E-state index contributed by atoms with van der Waals surface area (Å²) in [5.74, 6) is 0.575. The van der Waals surface area contributed by atoms with Crippen LogP contribution in [0.25, 0.3) is 10.9 Å². The molecule has 0 spiro atoms. The van der Waals surface area contributed by atoms with Crippen molar-refractivity contribution >= 4 is 24.0 Å². The van der Waals surface area contributed by atoms with E-state index < -0.39 is 13.1 Å². The van der Waals surface area contributed by atoms with Crippen molar-refractivity contribution in [2.45, 2.75) is 19.3 Å².